The van der Waals surface area contributed by atoms with E-state index in [2.05, 4.69) is 34.6 Å². The summed E-state index contributed by atoms with van der Waals surface area (Å²) in [5.74, 6) is 0.625. The highest BCUT2D eigenvalue weighted by atomic mass is 16.5. The number of carbonyl (C=O) groups is 1. The molecule has 2 amide bonds. The molecule has 3 rings (SSSR count). The highest BCUT2D eigenvalue weighted by Crippen LogP contribution is 2.26. The van der Waals surface area contributed by atoms with E-state index in [-0.39, 0.29) is 6.03 Å². The van der Waals surface area contributed by atoms with Gasteiger partial charge >= 0.3 is 6.03 Å². The van der Waals surface area contributed by atoms with Crippen LogP contribution in [0.5, 0.6) is 0 Å². The van der Waals surface area contributed by atoms with Crippen molar-refractivity contribution in [1.29, 1.82) is 0 Å². The molecule has 0 aromatic heterocycles. The molecule has 1 saturated heterocycles. The first-order chi connectivity index (χ1) is 13.1. The minimum absolute atomic E-state index is 0.183. The second kappa shape index (κ2) is 9.95. The van der Waals surface area contributed by atoms with Gasteiger partial charge in [-0.1, -0.05) is 19.8 Å². The van der Waals surface area contributed by atoms with Crippen molar-refractivity contribution in [1.82, 2.24) is 5.32 Å². The maximum atomic E-state index is 12.2. The van der Waals surface area contributed by atoms with E-state index in [1.54, 1.807) is 0 Å². The first-order valence-corrected chi connectivity index (χ1v) is 10.2. The predicted molar refractivity (Wildman–Crippen MR) is 109 cm³/mol. The standard InChI is InChI=1S/C21H33N3O3/c1-16-5-3-4-6-20(16)27-12-9-22-21(25)23-19-8-7-18(15-17(19)2)24-10-13-26-14-11-24/h7-8,15-16,20H,3-6,9-14H2,1-2H3,(H2,22,23,25)/t16-,20+/m0/s1. The van der Waals surface area contributed by atoms with Gasteiger partial charge in [0.2, 0.25) is 0 Å². The summed E-state index contributed by atoms with van der Waals surface area (Å²) in [6.45, 7) is 8.72. The topological polar surface area (TPSA) is 62.8 Å². The van der Waals surface area contributed by atoms with Crippen molar-refractivity contribution in [2.45, 2.75) is 45.6 Å². The van der Waals surface area contributed by atoms with Crippen molar-refractivity contribution in [3.05, 3.63) is 23.8 Å². The molecule has 1 aliphatic carbocycles. The lowest BCUT2D eigenvalue weighted by Crippen LogP contribution is -2.36. The van der Waals surface area contributed by atoms with Crippen LogP contribution in [0.15, 0.2) is 18.2 Å². The van der Waals surface area contributed by atoms with Crippen LogP contribution < -0.4 is 15.5 Å². The molecule has 0 bridgehead atoms. The van der Waals surface area contributed by atoms with Gasteiger partial charge in [0.15, 0.2) is 0 Å². The predicted octanol–water partition coefficient (Wildman–Crippen LogP) is 3.55. The molecule has 6 heteroatoms. The Bertz CT molecular complexity index is 617. The zero-order valence-corrected chi connectivity index (χ0v) is 16.6. The SMILES string of the molecule is Cc1cc(N2CCOCC2)ccc1NC(=O)NCCO[C@@H]1CCCC[C@@H]1C. The van der Waals surface area contributed by atoms with Crippen LogP contribution in [-0.2, 0) is 9.47 Å². The average molecular weight is 376 g/mol. The number of morpholine rings is 1. The Morgan fingerprint density at radius 2 is 2.04 bits per heavy atom. The molecule has 1 aromatic rings. The van der Waals surface area contributed by atoms with Gasteiger partial charge in [-0.25, -0.2) is 4.79 Å². The number of ether oxygens (including phenoxy) is 2. The Kier molecular flexibility index (Phi) is 7.35. The fraction of sp³-hybridized carbons (Fsp3) is 0.667. The van der Waals surface area contributed by atoms with Crippen LogP contribution >= 0.6 is 0 Å². The minimum atomic E-state index is -0.183. The van der Waals surface area contributed by atoms with E-state index in [0.29, 0.717) is 25.2 Å². The summed E-state index contributed by atoms with van der Waals surface area (Å²) in [5, 5.41) is 5.83. The minimum Gasteiger partial charge on any atom is -0.378 e. The molecule has 1 saturated carbocycles. The molecule has 150 valence electrons. The number of carbonyl (C=O) groups excluding carboxylic acids is 1. The van der Waals surface area contributed by atoms with E-state index in [1.807, 2.05) is 13.0 Å². The summed E-state index contributed by atoms with van der Waals surface area (Å²) < 4.78 is 11.3. The summed E-state index contributed by atoms with van der Waals surface area (Å²) in [5.41, 5.74) is 3.07. The third kappa shape index (κ3) is 5.84. The Morgan fingerprint density at radius 1 is 1.26 bits per heavy atom. The lowest BCUT2D eigenvalue weighted by molar-refractivity contribution is -0.00232. The molecule has 2 atom stereocenters. The molecule has 0 spiro atoms. The van der Waals surface area contributed by atoms with Crippen LogP contribution in [0, 0.1) is 12.8 Å². The Labute approximate surface area is 162 Å². The molecule has 2 fully saturated rings. The molecule has 2 N–H and O–H groups in total. The number of benzene rings is 1. The van der Waals surface area contributed by atoms with E-state index in [4.69, 9.17) is 9.47 Å². The highest BCUT2D eigenvalue weighted by molar-refractivity contribution is 5.90. The van der Waals surface area contributed by atoms with E-state index in [1.165, 1.54) is 24.9 Å². The molecule has 1 heterocycles. The van der Waals surface area contributed by atoms with Crippen molar-refractivity contribution in [2.75, 3.05) is 49.7 Å². The number of rotatable bonds is 6. The summed E-state index contributed by atoms with van der Waals surface area (Å²) >= 11 is 0. The van der Waals surface area contributed by atoms with Crippen LogP contribution in [0.1, 0.15) is 38.2 Å². The smallest absolute Gasteiger partial charge is 0.319 e. The van der Waals surface area contributed by atoms with Crippen molar-refractivity contribution in [3.8, 4) is 0 Å². The van der Waals surface area contributed by atoms with Gasteiger partial charge < -0.3 is 25.0 Å². The van der Waals surface area contributed by atoms with Gasteiger partial charge in [0.25, 0.3) is 0 Å². The maximum Gasteiger partial charge on any atom is 0.319 e. The maximum absolute atomic E-state index is 12.2. The number of nitrogens with one attached hydrogen (secondary N) is 2. The number of hydrogen-bond acceptors (Lipinski definition) is 4. The van der Waals surface area contributed by atoms with Crippen LogP contribution in [-0.4, -0.2) is 51.6 Å². The van der Waals surface area contributed by atoms with E-state index < -0.39 is 0 Å². The molecule has 1 aliphatic heterocycles. The van der Waals surface area contributed by atoms with Gasteiger partial charge in [0.1, 0.15) is 0 Å². The van der Waals surface area contributed by atoms with Crippen LogP contribution in [0.3, 0.4) is 0 Å². The molecule has 6 nitrogen and oxygen atoms in total. The van der Waals surface area contributed by atoms with Crippen molar-refractivity contribution in [3.63, 3.8) is 0 Å². The average Bonchev–Trinajstić information content (AvgIpc) is 2.69. The molecule has 1 aromatic carbocycles. The summed E-state index contributed by atoms with van der Waals surface area (Å²) in [6, 6.07) is 5.97. The highest BCUT2D eigenvalue weighted by Gasteiger charge is 2.21. The van der Waals surface area contributed by atoms with Gasteiger partial charge in [0.05, 0.1) is 25.9 Å². The number of hydrogen-bond donors (Lipinski definition) is 2. The number of anilines is 2. The normalized spacial score (nSPS) is 23.1. The van der Waals surface area contributed by atoms with Gasteiger partial charge in [0, 0.05) is 31.0 Å². The molecule has 0 unspecified atom stereocenters. The third-order valence-electron chi connectivity index (χ3n) is 5.59. The van der Waals surface area contributed by atoms with Gasteiger partial charge in [-0.15, -0.1) is 0 Å². The lowest BCUT2D eigenvalue weighted by Gasteiger charge is -2.29. The first kappa shape index (κ1) is 20.0. The molecule has 2 aliphatic rings. The lowest BCUT2D eigenvalue weighted by atomic mass is 9.88. The molecule has 0 radical (unpaired) electrons. The fourth-order valence-corrected chi connectivity index (χ4v) is 3.88. The number of aryl methyl sites for hydroxylation is 1. The second-order valence-corrected chi connectivity index (χ2v) is 7.65. The van der Waals surface area contributed by atoms with Crippen LogP contribution in [0.2, 0.25) is 0 Å². The third-order valence-corrected chi connectivity index (χ3v) is 5.59. The van der Waals surface area contributed by atoms with Crippen molar-refractivity contribution >= 4 is 17.4 Å². The summed E-state index contributed by atoms with van der Waals surface area (Å²) in [4.78, 5) is 14.5. The first-order valence-electron chi connectivity index (χ1n) is 10.2. The second-order valence-electron chi connectivity index (χ2n) is 7.65. The number of amides is 2. The summed E-state index contributed by atoms with van der Waals surface area (Å²) in [7, 11) is 0. The molecule has 27 heavy (non-hydrogen) atoms. The quantitative estimate of drug-likeness (QED) is 0.747. The van der Waals surface area contributed by atoms with Gasteiger partial charge in [-0.05, 0) is 49.4 Å². The Hall–Kier alpha value is -1.79. The van der Waals surface area contributed by atoms with E-state index in [0.717, 1.165) is 44.0 Å². The van der Waals surface area contributed by atoms with Gasteiger partial charge in [-0.2, -0.15) is 0 Å². The van der Waals surface area contributed by atoms with Crippen molar-refractivity contribution < 1.29 is 14.3 Å². The van der Waals surface area contributed by atoms with Gasteiger partial charge in [-0.3, -0.25) is 0 Å². The van der Waals surface area contributed by atoms with Crippen LogP contribution in [0.25, 0.3) is 0 Å². The monoisotopic (exact) mass is 375 g/mol. The number of nitrogens with zero attached hydrogens (tertiary/aromatic N) is 1. The molecular formula is C21H33N3O3. The molecular weight excluding hydrogens is 342 g/mol. The zero-order valence-electron chi connectivity index (χ0n) is 16.6. The summed E-state index contributed by atoms with van der Waals surface area (Å²) in [6.07, 6.45) is 5.30. The van der Waals surface area contributed by atoms with E-state index >= 15 is 0 Å². The van der Waals surface area contributed by atoms with Crippen molar-refractivity contribution in [2.24, 2.45) is 5.92 Å². The zero-order chi connectivity index (χ0) is 19.1. The fourth-order valence-electron chi connectivity index (χ4n) is 3.88. The number of urea groups is 1. The van der Waals surface area contributed by atoms with E-state index in [9.17, 15) is 4.79 Å². The Morgan fingerprint density at radius 3 is 2.78 bits per heavy atom. The Balaban J connectivity index is 1.40. The van der Waals surface area contributed by atoms with Crippen LogP contribution in [0.4, 0.5) is 16.2 Å². The largest absolute Gasteiger partial charge is 0.378 e.